The standard InChI is InChI=1S/C20H19F3N8/c1-12-13(2)19(28-31-11-25-27-18(12)31)29-4-3-17-15(8-29)5-14(6-24-17)16-7-26-30(9-16)10-20(21,22)23/h5-7,9,11H,3-4,8,10H2,1-2H3. The topological polar surface area (TPSA) is 77.0 Å². The van der Waals surface area contributed by atoms with Crippen LogP contribution in [0.25, 0.3) is 16.8 Å². The molecule has 0 amide bonds. The van der Waals surface area contributed by atoms with Gasteiger partial charge in [-0.05, 0) is 25.5 Å². The van der Waals surface area contributed by atoms with Crippen LogP contribution in [0.1, 0.15) is 22.4 Å². The molecule has 0 radical (unpaired) electrons. The van der Waals surface area contributed by atoms with Gasteiger partial charge in [-0.1, -0.05) is 0 Å². The third kappa shape index (κ3) is 3.60. The zero-order chi connectivity index (χ0) is 21.8. The molecule has 0 aromatic carbocycles. The fraction of sp³-hybridized carbons (Fsp3) is 0.350. The summed E-state index contributed by atoms with van der Waals surface area (Å²) in [6.07, 6.45) is 2.55. The van der Waals surface area contributed by atoms with Gasteiger partial charge in [0.2, 0.25) is 0 Å². The summed E-state index contributed by atoms with van der Waals surface area (Å²) in [5.74, 6) is 0.860. The smallest absolute Gasteiger partial charge is 0.350 e. The number of aromatic nitrogens is 7. The van der Waals surface area contributed by atoms with Crippen molar-refractivity contribution in [2.24, 2.45) is 0 Å². The largest absolute Gasteiger partial charge is 0.408 e. The lowest BCUT2D eigenvalue weighted by molar-refractivity contribution is -0.142. The van der Waals surface area contributed by atoms with E-state index >= 15 is 0 Å². The lowest BCUT2D eigenvalue weighted by atomic mass is 10.0. The van der Waals surface area contributed by atoms with E-state index in [0.29, 0.717) is 12.1 Å². The molecule has 0 atom stereocenters. The van der Waals surface area contributed by atoms with Gasteiger partial charge in [0.05, 0.1) is 6.20 Å². The first-order chi connectivity index (χ1) is 14.8. The Labute approximate surface area is 175 Å². The van der Waals surface area contributed by atoms with E-state index < -0.39 is 12.7 Å². The van der Waals surface area contributed by atoms with Crippen molar-refractivity contribution in [3.63, 3.8) is 0 Å². The number of alkyl halides is 3. The molecular weight excluding hydrogens is 409 g/mol. The first-order valence-corrected chi connectivity index (χ1v) is 9.78. The summed E-state index contributed by atoms with van der Waals surface area (Å²) in [6, 6.07) is 1.98. The number of anilines is 1. The number of hydrogen-bond donors (Lipinski definition) is 0. The van der Waals surface area contributed by atoms with Crippen LogP contribution in [0.4, 0.5) is 19.0 Å². The molecule has 0 aliphatic carbocycles. The molecule has 1 aliphatic rings. The summed E-state index contributed by atoms with van der Waals surface area (Å²) in [6.45, 7) is 4.28. The van der Waals surface area contributed by atoms with Gasteiger partial charge in [-0.15, -0.1) is 15.3 Å². The molecule has 31 heavy (non-hydrogen) atoms. The molecule has 0 unspecified atom stereocenters. The van der Waals surface area contributed by atoms with Crippen molar-refractivity contribution in [3.8, 4) is 11.1 Å². The maximum atomic E-state index is 12.6. The second-order valence-corrected chi connectivity index (χ2v) is 7.72. The highest BCUT2D eigenvalue weighted by Crippen LogP contribution is 2.29. The highest BCUT2D eigenvalue weighted by Gasteiger charge is 2.28. The van der Waals surface area contributed by atoms with Crippen molar-refractivity contribution in [1.29, 1.82) is 0 Å². The monoisotopic (exact) mass is 428 g/mol. The Balaban J connectivity index is 1.45. The van der Waals surface area contributed by atoms with Gasteiger partial charge in [0.15, 0.2) is 11.5 Å². The molecule has 0 saturated carbocycles. The van der Waals surface area contributed by atoms with Crippen molar-refractivity contribution < 1.29 is 13.2 Å². The Bertz CT molecular complexity index is 1270. The molecule has 0 bridgehead atoms. The Kier molecular flexibility index (Phi) is 4.42. The first-order valence-electron chi connectivity index (χ1n) is 9.78. The fourth-order valence-corrected chi connectivity index (χ4v) is 3.91. The summed E-state index contributed by atoms with van der Waals surface area (Å²) in [5, 5.41) is 16.6. The van der Waals surface area contributed by atoms with Crippen LogP contribution >= 0.6 is 0 Å². The molecule has 160 valence electrons. The Morgan fingerprint density at radius 2 is 1.94 bits per heavy atom. The molecule has 0 saturated heterocycles. The van der Waals surface area contributed by atoms with Crippen molar-refractivity contribution in [3.05, 3.63) is 53.4 Å². The van der Waals surface area contributed by atoms with Crippen LogP contribution in [0.15, 0.2) is 31.0 Å². The van der Waals surface area contributed by atoms with Crippen LogP contribution in [-0.2, 0) is 19.5 Å². The second kappa shape index (κ2) is 7.03. The van der Waals surface area contributed by atoms with Gasteiger partial charge in [-0.2, -0.15) is 22.8 Å². The molecule has 1 aliphatic heterocycles. The lowest BCUT2D eigenvalue weighted by Crippen LogP contribution is -2.32. The van der Waals surface area contributed by atoms with E-state index in [9.17, 15) is 13.2 Å². The molecule has 4 aromatic heterocycles. The zero-order valence-corrected chi connectivity index (χ0v) is 16.9. The minimum atomic E-state index is -4.31. The average Bonchev–Trinajstić information content (AvgIpc) is 3.38. The van der Waals surface area contributed by atoms with E-state index in [0.717, 1.165) is 57.1 Å². The number of pyridine rings is 1. The molecule has 0 spiro atoms. The maximum Gasteiger partial charge on any atom is 0.408 e. The van der Waals surface area contributed by atoms with E-state index in [1.165, 1.54) is 12.4 Å². The molecule has 0 fully saturated rings. The summed E-state index contributed by atoms with van der Waals surface area (Å²) >= 11 is 0. The van der Waals surface area contributed by atoms with Crippen molar-refractivity contribution >= 4 is 11.5 Å². The van der Waals surface area contributed by atoms with E-state index in [1.807, 2.05) is 19.9 Å². The second-order valence-electron chi connectivity index (χ2n) is 7.72. The summed E-state index contributed by atoms with van der Waals surface area (Å²) in [7, 11) is 0. The first kappa shape index (κ1) is 19.5. The highest BCUT2D eigenvalue weighted by molar-refractivity contribution is 5.63. The van der Waals surface area contributed by atoms with E-state index in [2.05, 4.69) is 30.3 Å². The van der Waals surface area contributed by atoms with E-state index in [-0.39, 0.29) is 0 Å². The molecular formula is C20H19F3N8. The molecule has 8 nitrogen and oxygen atoms in total. The normalized spacial score (nSPS) is 14.3. The Morgan fingerprint density at radius 1 is 1.10 bits per heavy atom. The van der Waals surface area contributed by atoms with Gasteiger partial charge in [0.25, 0.3) is 0 Å². The number of fused-ring (bicyclic) bond motifs is 2. The summed E-state index contributed by atoms with van der Waals surface area (Å²) < 4.78 is 40.4. The third-order valence-corrected chi connectivity index (χ3v) is 5.61. The molecule has 5 rings (SSSR count). The van der Waals surface area contributed by atoms with Crippen LogP contribution < -0.4 is 4.90 Å². The average molecular weight is 428 g/mol. The number of hydrogen-bond acceptors (Lipinski definition) is 6. The van der Waals surface area contributed by atoms with Crippen LogP contribution in [0.5, 0.6) is 0 Å². The number of nitrogens with zero attached hydrogens (tertiary/aromatic N) is 8. The van der Waals surface area contributed by atoms with Crippen LogP contribution in [0.3, 0.4) is 0 Å². The SMILES string of the molecule is Cc1c(N2CCc3ncc(-c4cnn(CC(F)(F)F)c4)cc3C2)nn2cnnc2c1C. The van der Waals surface area contributed by atoms with Gasteiger partial charge in [-0.3, -0.25) is 9.67 Å². The van der Waals surface area contributed by atoms with E-state index in [1.54, 1.807) is 17.0 Å². The van der Waals surface area contributed by atoms with Gasteiger partial charge in [0.1, 0.15) is 12.9 Å². The molecule has 0 N–H and O–H groups in total. The number of halogens is 3. The van der Waals surface area contributed by atoms with Crippen molar-refractivity contribution in [1.82, 2.24) is 34.6 Å². The van der Waals surface area contributed by atoms with Gasteiger partial charge < -0.3 is 4.90 Å². The minimum Gasteiger partial charge on any atom is -0.350 e. The zero-order valence-electron chi connectivity index (χ0n) is 16.9. The van der Waals surface area contributed by atoms with Crippen LogP contribution in [-0.4, -0.2) is 47.3 Å². The van der Waals surface area contributed by atoms with Gasteiger partial charge in [0, 0.05) is 59.9 Å². The van der Waals surface area contributed by atoms with Gasteiger partial charge in [-0.25, -0.2) is 0 Å². The Morgan fingerprint density at radius 3 is 2.74 bits per heavy atom. The lowest BCUT2D eigenvalue weighted by Gasteiger charge is -2.30. The number of rotatable bonds is 3. The summed E-state index contributed by atoms with van der Waals surface area (Å²) in [5.41, 5.74) is 6.16. The minimum absolute atomic E-state index is 0.604. The molecule has 5 heterocycles. The highest BCUT2D eigenvalue weighted by atomic mass is 19.4. The maximum absolute atomic E-state index is 12.6. The number of aryl methyl sites for hydroxylation is 1. The molecule has 4 aromatic rings. The van der Waals surface area contributed by atoms with Crippen molar-refractivity contribution in [2.45, 2.75) is 39.5 Å². The summed E-state index contributed by atoms with van der Waals surface area (Å²) in [4.78, 5) is 6.74. The van der Waals surface area contributed by atoms with Crippen molar-refractivity contribution in [2.75, 3.05) is 11.4 Å². The predicted octanol–water partition coefficient (Wildman–Crippen LogP) is 3.12. The molecule has 11 heteroatoms. The van der Waals surface area contributed by atoms with E-state index in [4.69, 9.17) is 0 Å². The van der Waals surface area contributed by atoms with Crippen LogP contribution in [0.2, 0.25) is 0 Å². The predicted molar refractivity (Wildman–Crippen MR) is 107 cm³/mol. The third-order valence-electron chi connectivity index (χ3n) is 5.61. The van der Waals surface area contributed by atoms with Crippen LogP contribution in [0, 0.1) is 13.8 Å². The fourth-order valence-electron chi connectivity index (χ4n) is 3.91. The Hall–Kier alpha value is -3.50. The quantitative estimate of drug-likeness (QED) is 0.499. The van der Waals surface area contributed by atoms with Gasteiger partial charge >= 0.3 is 6.18 Å².